The fourth-order valence-corrected chi connectivity index (χ4v) is 7.53. The summed E-state index contributed by atoms with van der Waals surface area (Å²) in [7, 11) is 1.00. The number of imidazole rings is 2. The second kappa shape index (κ2) is 24.0. The first-order chi connectivity index (χ1) is 31.4. The number of allylic oxidation sites excluding steroid dienone is 4. The number of nitrogens with one attached hydrogen (secondary N) is 5. The highest BCUT2D eigenvalue weighted by Gasteiger charge is 2.24. The Morgan fingerprint density at radius 2 is 1.15 bits per heavy atom. The van der Waals surface area contributed by atoms with Gasteiger partial charge < -0.3 is 30.0 Å². The lowest BCUT2D eigenvalue weighted by molar-refractivity contribution is 0.0398. The summed E-state index contributed by atoms with van der Waals surface area (Å²) in [6.07, 6.45) is 7.99. The van der Waals surface area contributed by atoms with Gasteiger partial charge in [0.2, 0.25) is 0 Å². The Bertz CT molecular complexity index is 2440. The van der Waals surface area contributed by atoms with E-state index < -0.39 is 17.6 Å². The summed E-state index contributed by atoms with van der Waals surface area (Å²) in [5.74, 6) is 6.17. The number of nitrogens with zero attached hydrogens (tertiary/aromatic N) is 8. The van der Waals surface area contributed by atoms with Crippen molar-refractivity contribution in [2.75, 3.05) is 96.5 Å². The third-order valence-electron chi connectivity index (χ3n) is 10.8. The summed E-state index contributed by atoms with van der Waals surface area (Å²) in [6.45, 7) is 19.2. The number of carbonyl (C=O) groups excluding carboxylic acids is 3. The number of aromatic nitrogens is 4. The molecule has 4 aromatic heterocycles. The monoisotopic (exact) mass is 934 g/mol. The fraction of sp³-hybridized carbons (Fsp3) is 0.477. The van der Waals surface area contributed by atoms with Crippen LogP contribution in [0.4, 0.5) is 16.4 Å². The van der Waals surface area contributed by atoms with Crippen LogP contribution in [0.15, 0.2) is 58.0 Å². The number of rotatable bonds is 12. The van der Waals surface area contributed by atoms with Crippen molar-refractivity contribution in [3.8, 4) is 0 Å². The van der Waals surface area contributed by atoms with Gasteiger partial charge in [-0.3, -0.25) is 49.0 Å². The number of nitrogens with two attached hydrogens (primary N) is 1. The average molecular weight is 936 g/mol. The molecule has 8 rings (SSSR count). The van der Waals surface area contributed by atoms with Crippen LogP contribution in [0.3, 0.4) is 0 Å². The van der Waals surface area contributed by atoms with Crippen molar-refractivity contribution in [1.82, 2.24) is 44.8 Å². The summed E-state index contributed by atoms with van der Waals surface area (Å²) >= 11 is 0. The Kier molecular flexibility index (Phi) is 18.6. The Hall–Kier alpha value is -5.94. The molecule has 21 nitrogen and oxygen atoms in total. The van der Waals surface area contributed by atoms with Crippen LogP contribution in [0.1, 0.15) is 79.6 Å². The zero-order valence-corrected chi connectivity index (χ0v) is 39.3. The molecule has 4 aliphatic rings. The molecule has 0 bridgehead atoms. The van der Waals surface area contributed by atoms with Crippen LogP contribution in [0.25, 0.3) is 22.4 Å². The van der Waals surface area contributed by atoms with Crippen molar-refractivity contribution in [1.29, 1.82) is 0 Å². The topological polar surface area (TPSA) is 251 Å². The van der Waals surface area contributed by atoms with E-state index in [1.165, 1.54) is 0 Å². The number of aliphatic imine (C=N–C) groups is 2. The molecule has 0 atom stereocenters. The minimum atomic E-state index is -0.731. The lowest BCUT2D eigenvalue weighted by Crippen LogP contribution is -2.44. The van der Waals surface area contributed by atoms with Crippen LogP contribution < -0.4 is 32.8 Å². The van der Waals surface area contributed by atoms with E-state index in [0.717, 1.165) is 137 Å². The molecular formula is C44H63ClN14O7. The van der Waals surface area contributed by atoms with Crippen LogP contribution in [-0.4, -0.2) is 156 Å². The summed E-state index contributed by atoms with van der Waals surface area (Å²) in [4.78, 5) is 59.7. The number of fused-ring (bicyclic) bond motifs is 2. The molecule has 0 aliphatic carbocycles. The number of pyridine rings is 2. The average Bonchev–Trinajstić information content (AvgIpc) is 4.11. The van der Waals surface area contributed by atoms with E-state index in [9.17, 15) is 14.4 Å². The first-order valence-electron chi connectivity index (χ1n) is 21.7. The molecule has 0 saturated carbocycles. The molecule has 2 fully saturated rings. The van der Waals surface area contributed by atoms with Crippen molar-refractivity contribution in [2.24, 2.45) is 15.8 Å². The Balaban J connectivity index is 0.000000240. The van der Waals surface area contributed by atoms with Gasteiger partial charge in [0, 0.05) is 120 Å². The van der Waals surface area contributed by atoms with Gasteiger partial charge in [-0.15, -0.1) is 12.4 Å². The molecule has 8 N–H and O–H groups in total. The number of aliphatic hydroxyl groups excluding tert-OH is 1. The van der Waals surface area contributed by atoms with E-state index in [1.54, 1.807) is 51.4 Å². The van der Waals surface area contributed by atoms with Gasteiger partial charge in [0.25, 0.3) is 11.8 Å². The second-order valence-corrected chi connectivity index (χ2v) is 16.4. The van der Waals surface area contributed by atoms with E-state index in [2.05, 4.69) is 46.7 Å². The van der Waals surface area contributed by atoms with Crippen LogP contribution in [0, 0.1) is 0 Å². The van der Waals surface area contributed by atoms with E-state index >= 15 is 0 Å². The number of nitrogen functional groups attached to an aromatic ring is 1. The summed E-state index contributed by atoms with van der Waals surface area (Å²) in [5, 5.41) is 14.1. The zero-order valence-electron chi connectivity index (χ0n) is 38.5. The lowest BCUT2D eigenvalue weighted by Gasteiger charge is -2.26. The molecule has 0 radical (unpaired) electrons. The summed E-state index contributed by atoms with van der Waals surface area (Å²) in [5.41, 5.74) is 14.3. The fourth-order valence-electron chi connectivity index (χ4n) is 7.53. The first-order valence-corrected chi connectivity index (χ1v) is 21.7. The molecule has 3 amide bonds. The third-order valence-corrected chi connectivity index (χ3v) is 10.8. The van der Waals surface area contributed by atoms with Crippen LogP contribution in [-0.2, 0) is 14.2 Å². The number of ether oxygens (including phenoxy) is 3. The smallest absolute Gasteiger partial charge is 0.426 e. The molecule has 2 saturated heterocycles. The highest BCUT2D eigenvalue weighted by atomic mass is 35.5. The normalized spacial score (nSPS) is 16.3. The number of hydrazine groups is 2. The van der Waals surface area contributed by atoms with E-state index in [-0.39, 0.29) is 18.3 Å². The van der Waals surface area contributed by atoms with Crippen molar-refractivity contribution in [3.05, 3.63) is 70.6 Å². The van der Waals surface area contributed by atoms with Crippen LogP contribution >= 0.6 is 12.4 Å². The number of aliphatic hydroxyl groups is 1. The van der Waals surface area contributed by atoms with Gasteiger partial charge in [0.1, 0.15) is 39.9 Å². The summed E-state index contributed by atoms with van der Waals surface area (Å²) in [6, 6.07) is 7.00. The number of halogens is 1. The first kappa shape index (κ1) is 51.1. The second-order valence-electron chi connectivity index (χ2n) is 16.4. The zero-order chi connectivity index (χ0) is 46.5. The Morgan fingerprint density at radius 1 is 0.712 bits per heavy atom. The molecule has 8 heterocycles. The van der Waals surface area contributed by atoms with E-state index in [4.69, 9.17) is 35.1 Å². The maximum atomic E-state index is 12.7. The standard InChI is InChI=1S/C24H33N7O4.C19H25N7O2.CH4O.ClH/c1-16-18(7-8-25-16)20-21(26-9-10-30-11-13-34-14-12-30)31-15-17(5-6-19(31)27-20)22(32)28-29-23(33)35-24(2,3)4;1-13-15(4-5-21-13)17-18(22-6-7-25-8-10-28-11-9-25)26-12-14(19(27)24-20)2-3-16(26)23-17;1-2;/h5-6,8,15,26H,7,9-14H2,1-4H3,(H,28,32)(H,29,33);2-3,5,12,22H,4,6-11,20H2,1H3,(H,24,27);2H,1H3;1H. The number of hydrogen-bond donors (Lipinski definition) is 7. The van der Waals surface area contributed by atoms with Gasteiger partial charge in [-0.2, -0.15) is 0 Å². The number of carbonyl (C=O) groups is 3. The van der Waals surface area contributed by atoms with Crippen LogP contribution in [0.5, 0.6) is 0 Å². The molecule has 0 aromatic carbocycles. The van der Waals surface area contributed by atoms with Gasteiger partial charge in [0.05, 0.1) is 37.6 Å². The molecular weight excluding hydrogens is 872 g/mol. The largest absolute Gasteiger partial charge is 0.443 e. The minimum absolute atomic E-state index is 0. The highest BCUT2D eigenvalue weighted by molar-refractivity contribution is 5.96. The van der Waals surface area contributed by atoms with Crippen molar-refractivity contribution < 1.29 is 33.7 Å². The molecule has 0 unspecified atom stereocenters. The van der Waals surface area contributed by atoms with Gasteiger partial charge >= 0.3 is 6.09 Å². The minimum Gasteiger partial charge on any atom is -0.443 e. The van der Waals surface area contributed by atoms with E-state index in [1.807, 2.05) is 41.1 Å². The lowest BCUT2D eigenvalue weighted by atomic mass is 10.1. The van der Waals surface area contributed by atoms with Crippen molar-refractivity contribution in [2.45, 2.75) is 53.1 Å². The number of hydrogen-bond acceptors (Lipinski definition) is 16. The number of anilines is 2. The van der Waals surface area contributed by atoms with Gasteiger partial charge in [-0.1, -0.05) is 0 Å². The molecule has 4 aliphatic heterocycles. The number of morpholine rings is 2. The predicted octanol–water partition coefficient (Wildman–Crippen LogP) is 3.37. The van der Waals surface area contributed by atoms with Crippen LogP contribution in [0.2, 0.25) is 0 Å². The van der Waals surface area contributed by atoms with Gasteiger partial charge in [-0.25, -0.2) is 26.0 Å². The predicted molar refractivity (Wildman–Crippen MR) is 257 cm³/mol. The SMILES string of the molecule is CC1=C(c2nc3ccc(C(=O)NN)cn3c2NCCN2CCOCC2)CC=N1.CC1=C(c2nc3ccc(C(=O)NNC(=O)OC(C)(C)C)cn3c2NCCN2CCOCC2)CC=N1.CO.Cl. The molecule has 4 aromatic rings. The quantitative estimate of drug-likeness (QED) is 0.0612. The number of amides is 3. The highest BCUT2D eigenvalue weighted by Crippen LogP contribution is 2.34. The maximum Gasteiger partial charge on any atom is 0.426 e. The van der Waals surface area contributed by atoms with Gasteiger partial charge in [0.15, 0.2) is 0 Å². The van der Waals surface area contributed by atoms with E-state index in [0.29, 0.717) is 29.7 Å². The van der Waals surface area contributed by atoms with Crippen molar-refractivity contribution >= 4 is 76.8 Å². The van der Waals surface area contributed by atoms with Crippen molar-refractivity contribution in [3.63, 3.8) is 0 Å². The molecule has 358 valence electrons. The third kappa shape index (κ3) is 13.1. The maximum absolute atomic E-state index is 12.7. The Labute approximate surface area is 390 Å². The molecule has 22 heteroatoms. The summed E-state index contributed by atoms with van der Waals surface area (Å²) < 4.78 is 19.8. The molecule has 0 spiro atoms. The Morgan fingerprint density at radius 3 is 1.55 bits per heavy atom. The molecule has 66 heavy (non-hydrogen) atoms. The van der Waals surface area contributed by atoms with Gasteiger partial charge in [-0.05, 0) is 58.9 Å².